The maximum atomic E-state index is 9.27. The van der Waals surface area contributed by atoms with E-state index in [1.807, 2.05) is 6.07 Å². The molecule has 14 heavy (non-hydrogen) atoms. The number of nitriles is 1. The summed E-state index contributed by atoms with van der Waals surface area (Å²) in [4.78, 5) is 0. The number of phenols is 1. The van der Waals surface area contributed by atoms with Crippen LogP contribution in [0.2, 0.25) is 0 Å². The van der Waals surface area contributed by atoms with Gasteiger partial charge in [-0.15, -0.1) is 0 Å². The molecule has 1 rings (SSSR count). The summed E-state index contributed by atoms with van der Waals surface area (Å²) >= 11 is 3.37. The summed E-state index contributed by atoms with van der Waals surface area (Å²) in [6, 6.07) is 7.34. The quantitative estimate of drug-likeness (QED) is 0.839. The predicted octanol–water partition coefficient (Wildman–Crippen LogP) is 2.79. The lowest BCUT2D eigenvalue weighted by molar-refractivity contribution is 0.474. The van der Waals surface area contributed by atoms with Crippen LogP contribution in [-0.2, 0) is 12.8 Å². The van der Waals surface area contributed by atoms with E-state index in [-0.39, 0.29) is 5.75 Å². The molecule has 0 aliphatic rings. The van der Waals surface area contributed by atoms with Gasteiger partial charge in [0.1, 0.15) is 5.75 Å². The van der Waals surface area contributed by atoms with Gasteiger partial charge in [-0.1, -0.05) is 22.0 Å². The maximum absolute atomic E-state index is 9.27. The molecule has 0 atom stereocenters. The van der Waals surface area contributed by atoms with Gasteiger partial charge >= 0.3 is 0 Å². The minimum Gasteiger partial charge on any atom is -0.508 e. The lowest BCUT2D eigenvalue weighted by Crippen LogP contribution is -1.94. The fourth-order valence-corrected chi connectivity index (χ4v) is 1.64. The smallest absolute Gasteiger partial charge is 0.115 e. The first-order valence-electron chi connectivity index (χ1n) is 4.51. The number of benzene rings is 1. The van der Waals surface area contributed by atoms with E-state index in [0.717, 1.165) is 29.3 Å². The second-order valence-electron chi connectivity index (χ2n) is 3.08. The van der Waals surface area contributed by atoms with Crippen LogP contribution in [0.25, 0.3) is 0 Å². The summed E-state index contributed by atoms with van der Waals surface area (Å²) in [6.07, 6.45) is 2.36. The lowest BCUT2D eigenvalue weighted by Gasteiger charge is -2.06. The zero-order valence-corrected chi connectivity index (χ0v) is 9.42. The molecule has 0 aliphatic heterocycles. The Bertz CT molecular complexity index is 344. The van der Waals surface area contributed by atoms with E-state index in [4.69, 9.17) is 5.26 Å². The standard InChI is InChI=1S/C11H12BrNO/c12-6-1-2-9-3-4-11(14)8-10(9)5-7-13/h3-4,8,14H,1-2,5-6H2. The fraction of sp³-hybridized carbons (Fsp3) is 0.364. The van der Waals surface area contributed by atoms with Crippen molar-refractivity contribution in [2.45, 2.75) is 19.3 Å². The Morgan fingerprint density at radius 2 is 2.14 bits per heavy atom. The average molecular weight is 254 g/mol. The average Bonchev–Trinajstić information content (AvgIpc) is 2.17. The van der Waals surface area contributed by atoms with Crippen LogP contribution in [0.5, 0.6) is 5.75 Å². The Morgan fingerprint density at radius 1 is 1.36 bits per heavy atom. The van der Waals surface area contributed by atoms with Crippen LogP contribution in [0.15, 0.2) is 18.2 Å². The Balaban J connectivity index is 2.85. The van der Waals surface area contributed by atoms with Crippen LogP contribution in [0, 0.1) is 11.3 Å². The third-order valence-electron chi connectivity index (χ3n) is 2.04. The molecule has 0 radical (unpaired) electrons. The largest absolute Gasteiger partial charge is 0.508 e. The Morgan fingerprint density at radius 3 is 2.79 bits per heavy atom. The number of hydrogen-bond acceptors (Lipinski definition) is 2. The summed E-state index contributed by atoms with van der Waals surface area (Å²) in [7, 11) is 0. The maximum Gasteiger partial charge on any atom is 0.115 e. The molecule has 0 unspecified atom stereocenters. The molecule has 1 aromatic carbocycles. The first-order chi connectivity index (χ1) is 6.77. The molecule has 0 amide bonds. The number of phenolic OH excluding ortho intramolecular Hbond substituents is 1. The third-order valence-corrected chi connectivity index (χ3v) is 2.60. The molecule has 0 heterocycles. The van der Waals surface area contributed by atoms with Crippen LogP contribution in [-0.4, -0.2) is 10.4 Å². The van der Waals surface area contributed by atoms with E-state index < -0.39 is 0 Å². The van der Waals surface area contributed by atoms with Crippen LogP contribution in [0.1, 0.15) is 17.5 Å². The van der Waals surface area contributed by atoms with Gasteiger partial charge in [-0.05, 0) is 36.1 Å². The van der Waals surface area contributed by atoms with Crippen molar-refractivity contribution in [3.8, 4) is 11.8 Å². The third kappa shape index (κ3) is 3.04. The monoisotopic (exact) mass is 253 g/mol. The van der Waals surface area contributed by atoms with Gasteiger partial charge < -0.3 is 5.11 Å². The van der Waals surface area contributed by atoms with Crippen LogP contribution < -0.4 is 0 Å². The molecule has 0 spiro atoms. The highest BCUT2D eigenvalue weighted by Crippen LogP contribution is 2.18. The zero-order valence-electron chi connectivity index (χ0n) is 7.83. The highest BCUT2D eigenvalue weighted by Gasteiger charge is 2.02. The van der Waals surface area contributed by atoms with Crippen molar-refractivity contribution in [2.24, 2.45) is 0 Å². The van der Waals surface area contributed by atoms with Crippen LogP contribution in [0.4, 0.5) is 0 Å². The highest BCUT2D eigenvalue weighted by atomic mass is 79.9. The number of aryl methyl sites for hydroxylation is 1. The molecule has 0 aromatic heterocycles. The van der Waals surface area contributed by atoms with Crippen molar-refractivity contribution in [3.63, 3.8) is 0 Å². The van der Waals surface area contributed by atoms with Gasteiger partial charge in [-0.25, -0.2) is 0 Å². The van der Waals surface area contributed by atoms with Crippen molar-refractivity contribution in [1.82, 2.24) is 0 Å². The van der Waals surface area contributed by atoms with Crippen LogP contribution >= 0.6 is 15.9 Å². The summed E-state index contributed by atoms with van der Waals surface area (Å²) in [5.74, 6) is 0.234. The number of aromatic hydroxyl groups is 1. The summed E-state index contributed by atoms with van der Waals surface area (Å²) in [5.41, 5.74) is 2.09. The van der Waals surface area contributed by atoms with Gasteiger partial charge in [0.2, 0.25) is 0 Å². The van der Waals surface area contributed by atoms with Crippen molar-refractivity contribution in [2.75, 3.05) is 5.33 Å². The molecule has 3 heteroatoms. The number of alkyl halides is 1. The van der Waals surface area contributed by atoms with Gasteiger partial charge in [0.05, 0.1) is 12.5 Å². The van der Waals surface area contributed by atoms with Crippen molar-refractivity contribution in [3.05, 3.63) is 29.3 Å². The summed E-state index contributed by atoms with van der Waals surface area (Å²) < 4.78 is 0. The molecular formula is C11H12BrNO. The topological polar surface area (TPSA) is 44.0 Å². The van der Waals surface area contributed by atoms with E-state index in [1.165, 1.54) is 0 Å². The highest BCUT2D eigenvalue weighted by molar-refractivity contribution is 9.09. The van der Waals surface area contributed by atoms with Crippen molar-refractivity contribution in [1.29, 1.82) is 5.26 Å². The molecule has 1 aromatic rings. The molecule has 74 valence electrons. The van der Waals surface area contributed by atoms with Crippen molar-refractivity contribution >= 4 is 15.9 Å². The normalized spacial score (nSPS) is 9.71. The van der Waals surface area contributed by atoms with E-state index in [9.17, 15) is 5.11 Å². The first-order valence-corrected chi connectivity index (χ1v) is 5.63. The van der Waals surface area contributed by atoms with Gasteiger partial charge in [-0.3, -0.25) is 0 Å². The van der Waals surface area contributed by atoms with Gasteiger partial charge in [-0.2, -0.15) is 5.26 Å². The molecule has 0 aliphatic carbocycles. The lowest BCUT2D eigenvalue weighted by atomic mass is 10.0. The minimum absolute atomic E-state index is 0.234. The molecule has 2 nitrogen and oxygen atoms in total. The second-order valence-corrected chi connectivity index (χ2v) is 3.87. The fourth-order valence-electron chi connectivity index (χ4n) is 1.36. The Hall–Kier alpha value is -1.01. The zero-order chi connectivity index (χ0) is 10.4. The molecule has 0 saturated heterocycles. The number of hydrogen-bond donors (Lipinski definition) is 1. The van der Waals surface area contributed by atoms with E-state index in [0.29, 0.717) is 6.42 Å². The van der Waals surface area contributed by atoms with E-state index in [2.05, 4.69) is 22.0 Å². The number of rotatable bonds is 4. The molecule has 0 fully saturated rings. The Labute approximate surface area is 92.3 Å². The molecule has 0 saturated carbocycles. The van der Waals surface area contributed by atoms with E-state index >= 15 is 0 Å². The SMILES string of the molecule is N#CCc1cc(O)ccc1CCCBr. The van der Waals surface area contributed by atoms with Gasteiger partial charge in [0.25, 0.3) is 0 Å². The Kier molecular flexibility index (Phi) is 4.48. The summed E-state index contributed by atoms with van der Waals surface area (Å²) in [6.45, 7) is 0. The molecular weight excluding hydrogens is 242 g/mol. The number of nitrogens with zero attached hydrogens (tertiary/aromatic N) is 1. The van der Waals surface area contributed by atoms with Gasteiger partial charge in [0, 0.05) is 5.33 Å². The molecule has 0 bridgehead atoms. The van der Waals surface area contributed by atoms with Crippen molar-refractivity contribution < 1.29 is 5.11 Å². The van der Waals surface area contributed by atoms with Crippen LogP contribution in [0.3, 0.4) is 0 Å². The number of halogens is 1. The van der Waals surface area contributed by atoms with E-state index in [1.54, 1.807) is 12.1 Å². The minimum atomic E-state index is 0.234. The van der Waals surface area contributed by atoms with Gasteiger partial charge in [0.15, 0.2) is 0 Å². The second kappa shape index (κ2) is 5.66. The first kappa shape index (κ1) is 11.1. The summed E-state index contributed by atoms with van der Waals surface area (Å²) in [5, 5.41) is 18.8. The molecule has 1 N–H and O–H groups in total. The predicted molar refractivity (Wildman–Crippen MR) is 59.5 cm³/mol.